The Morgan fingerprint density at radius 3 is 2.83 bits per heavy atom. The lowest BCUT2D eigenvalue weighted by molar-refractivity contribution is -0.139. The molecule has 1 N–H and O–H groups in total. The molecule has 0 aliphatic carbocycles. The molecule has 0 spiro atoms. The van der Waals surface area contributed by atoms with E-state index < -0.39 is 5.97 Å². The molecule has 1 aliphatic heterocycles. The van der Waals surface area contributed by atoms with E-state index in [1.54, 1.807) is 0 Å². The number of carboxylic acids is 1. The maximum atomic E-state index is 10.8. The summed E-state index contributed by atoms with van der Waals surface area (Å²) in [5.74, 6) is -0.320. The minimum atomic E-state index is -0.964. The third-order valence-electron chi connectivity index (χ3n) is 4.34. The minimum absolute atomic E-state index is 0.299. The normalized spacial score (nSPS) is 18.2. The first kappa shape index (κ1) is 16.5. The van der Waals surface area contributed by atoms with Gasteiger partial charge in [-0.05, 0) is 37.6 Å². The van der Waals surface area contributed by atoms with Crippen LogP contribution in [0.5, 0.6) is 5.75 Å². The van der Waals surface area contributed by atoms with Crippen molar-refractivity contribution in [1.82, 2.24) is 9.88 Å². The van der Waals surface area contributed by atoms with E-state index in [1.165, 1.54) is 12.8 Å². The van der Waals surface area contributed by atoms with Crippen LogP contribution in [-0.4, -0.2) is 34.1 Å². The number of hydrogen-bond acceptors (Lipinski definition) is 4. The highest BCUT2D eigenvalue weighted by molar-refractivity contribution is 5.68. The van der Waals surface area contributed by atoms with Crippen LogP contribution in [0.3, 0.4) is 0 Å². The van der Waals surface area contributed by atoms with Gasteiger partial charge in [-0.1, -0.05) is 30.7 Å². The standard InChI is InChI=1S/C19H22N2O3/c22-19(23)14-24-18-10-2-1-7-15(18)13-21-12-6-4-9-17(21)16-8-3-5-11-20-16/h1-3,5,7-8,10-11,17H,4,6,9,12-14H2,(H,22,23)/t17-/m1/s1. The van der Waals surface area contributed by atoms with Gasteiger partial charge >= 0.3 is 5.97 Å². The van der Waals surface area contributed by atoms with Crippen LogP contribution in [0, 0.1) is 0 Å². The van der Waals surface area contributed by atoms with Gasteiger partial charge in [0.2, 0.25) is 0 Å². The Labute approximate surface area is 141 Å². The molecule has 1 aromatic carbocycles. The Kier molecular flexibility index (Phi) is 5.43. The lowest BCUT2D eigenvalue weighted by Crippen LogP contribution is -2.33. The summed E-state index contributed by atoms with van der Waals surface area (Å²) < 4.78 is 5.44. The van der Waals surface area contributed by atoms with Gasteiger partial charge in [-0.25, -0.2) is 4.79 Å². The van der Waals surface area contributed by atoms with Crippen molar-refractivity contribution in [3.05, 3.63) is 59.9 Å². The molecule has 0 radical (unpaired) electrons. The van der Waals surface area contributed by atoms with Gasteiger partial charge in [0.25, 0.3) is 0 Å². The van der Waals surface area contributed by atoms with Crippen molar-refractivity contribution in [2.24, 2.45) is 0 Å². The van der Waals surface area contributed by atoms with Crippen LogP contribution in [0.2, 0.25) is 0 Å². The van der Waals surface area contributed by atoms with Gasteiger partial charge in [0.15, 0.2) is 6.61 Å². The average molecular weight is 326 g/mol. The third-order valence-corrected chi connectivity index (χ3v) is 4.34. The first-order chi connectivity index (χ1) is 11.7. The van der Waals surface area contributed by atoms with Gasteiger partial charge in [0.1, 0.15) is 5.75 Å². The quantitative estimate of drug-likeness (QED) is 0.883. The number of aliphatic carboxylic acids is 1. The van der Waals surface area contributed by atoms with Crippen molar-refractivity contribution < 1.29 is 14.6 Å². The maximum absolute atomic E-state index is 10.8. The van der Waals surface area contributed by atoms with E-state index in [1.807, 2.05) is 42.6 Å². The molecule has 2 heterocycles. The Bertz CT molecular complexity index is 675. The van der Waals surface area contributed by atoms with Crippen LogP contribution in [0.4, 0.5) is 0 Å². The fourth-order valence-electron chi connectivity index (χ4n) is 3.22. The minimum Gasteiger partial charge on any atom is -0.482 e. The number of benzene rings is 1. The van der Waals surface area contributed by atoms with Crippen LogP contribution in [0.1, 0.15) is 36.6 Å². The number of aromatic nitrogens is 1. The molecule has 1 aromatic heterocycles. The lowest BCUT2D eigenvalue weighted by atomic mass is 9.98. The molecule has 3 rings (SSSR count). The number of carbonyl (C=O) groups is 1. The van der Waals surface area contributed by atoms with Crippen LogP contribution >= 0.6 is 0 Å². The molecule has 0 unspecified atom stereocenters. The maximum Gasteiger partial charge on any atom is 0.341 e. The van der Waals surface area contributed by atoms with Gasteiger partial charge in [0.05, 0.1) is 11.7 Å². The second-order valence-corrected chi connectivity index (χ2v) is 6.03. The third kappa shape index (κ3) is 4.11. The molecule has 0 amide bonds. The van der Waals surface area contributed by atoms with E-state index in [9.17, 15) is 4.79 Å². The number of hydrogen-bond donors (Lipinski definition) is 1. The summed E-state index contributed by atoms with van der Waals surface area (Å²) in [5, 5.41) is 8.83. The number of ether oxygens (including phenoxy) is 1. The molecule has 24 heavy (non-hydrogen) atoms. The Hall–Kier alpha value is -2.40. The van der Waals surface area contributed by atoms with Gasteiger partial charge in [-0.3, -0.25) is 9.88 Å². The molecule has 0 bridgehead atoms. The SMILES string of the molecule is O=C(O)COc1ccccc1CN1CCCC[C@@H]1c1ccccn1. The van der Waals surface area contributed by atoms with Crippen molar-refractivity contribution in [3.8, 4) is 5.75 Å². The van der Waals surface area contributed by atoms with Crippen LogP contribution in [-0.2, 0) is 11.3 Å². The summed E-state index contributed by atoms with van der Waals surface area (Å²) >= 11 is 0. The van der Waals surface area contributed by atoms with E-state index >= 15 is 0 Å². The fourth-order valence-corrected chi connectivity index (χ4v) is 3.22. The lowest BCUT2D eigenvalue weighted by Gasteiger charge is -2.35. The summed E-state index contributed by atoms with van der Waals surface area (Å²) in [4.78, 5) is 17.7. The van der Waals surface area contributed by atoms with Crippen LogP contribution < -0.4 is 4.74 Å². The highest BCUT2D eigenvalue weighted by Crippen LogP contribution is 2.32. The van der Waals surface area contributed by atoms with Crippen LogP contribution in [0.15, 0.2) is 48.7 Å². The molecule has 5 heteroatoms. The van der Waals surface area contributed by atoms with Gasteiger partial charge in [-0.15, -0.1) is 0 Å². The van der Waals surface area contributed by atoms with Crippen LogP contribution in [0.25, 0.3) is 0 Å². The monoisotopic (exact) mass is 326 g/mol. The van der Waals surface area contributed by atoms with E-state index in [4.69, 9.17) is 9.84 Å². The Morgan fingerprint density at radius 2 is 2.04 bits per heavy atom. The molecule has 1 atom stereocenters. The molecular formula is C19H22N2O3. The predicted molar refractivity (Wildman–Crippen MR) is 90.8 cm³/mol. The number of rotatable bonds is 6. The Morgan fingerprint density at radius 1 is 1.21 bits per heavy atom. The van der Waals surface area contributed by atoms with E-state index in [-0.39, 0.29) is 6.61 Å². The van der Waals surface area contributed by atoms with Gasteiger partial charge < -0.3 is 9.84 Å². The summed E-state index contributed by atoms with van der Waals surface area (Å²) in [6.07, 6.45) is 5.30. The average Bonchev–Trinajstić information content (AvgIpc) is 2.62. The zero-order valence-electron chi connectivity index (χ0n) is 13.6. The summed E-state index contributed by atoms with van der Waals surface area (Å²) in [5.41, 5.74) is 2.11. The molecule has 1 saturated heterocycles. The molecular weight excluding hydrogens is 304 g/mol. The van der Waals surface area contributed by atoms with Gasteiger partial charge in [-0.2, -0.15) is 0 Å². The number of piperidine rings is 1. The number of nitrogens with zero attached hydrogens (tertiary/aromatic N) is 2. The Balaban J connectivity index is 1.77. The second-order valence-electron chi connectivity index (χ2n) is 6.03. The van der Waals surface area contributed by atoms with Crippen molar-refractivity contribution in [2.45, 2.75) is 31.8 Å². The highest BCUT2D eigenvalue weighted by atomic mass is 16.5. The zero-order valence-corrected chi connectivity index (χ0v) is 13.6. The topological polar surface area (TPSA) is 62.7 Å². The summed E-state index contributed by atoms with van der Waals surface area (Å²) in [7, 11) is 0. The molecule has 1 fully saturated rings. The fraction of sp³-hybridized carbons (Fsp3) is 0.368. The van der Waals surface area contributed by atoms with Crippen molar-refractivity contribution in [3.63, 3.8) is 0 Å². The second kappa shape index (κ2) is 7.93. The van der Waals surface area contributed by atoms with Gasteiger partial charge in [0, 0.05) is 18.3 Å². The molecule has 2 aromatic rings. The molecule has 1 aliphatic rings. The number of para-hydroxylation sites is 1. The first-order valence-corrected chi connectivity index (χ1v) is 8.31. The number of carboxylic acid groups (broad SMARTS) is 1. The van der Waals surface area contributed by atoms with Crippen molar-refractivity contribution in [1.29, 1.82) is 0 Å². The van der Waals surface area contributed by atoms with Crippen molar-refractivity contribution >= 4 is 5.97 Å². The summed E-state index contributed by atoms with van der Waals surface area (Å²) in [6, 6.07) is 14.0. The first-order valence-electron chi connectivity index (χ1n) is 8.31. The zero-order chi connectivity index (χ0) is 16.8. The molecule has 126 valence electrons. The van der Waals surface area contributed by atoms with E-state index in [0.717, 1.165) is 30.8 Å². The largest absolute Gasteiger partial charge is 0.482 e. The molecule has 0 saturated carbocycles. The summed E-state index contributed by atoms with van der Waals surface area (Å²) in [6.45, 7) is 1.42. The highest BCUT2D eigenvalue weighted by Gasteiger charge is 2.25. The predicted octanol–water partition coefficient (Wildman–Crippen LogP) is 3.27. The number of pyridine rings is 1. The van der Waals surface area contributed by atoms with E-state index in [0.29, 0.717) is 11.8 Å². The number of likely N-dealkylation sites (tertiary alicyclic amines) is 1. The molecule has 5 nitrogen and oxygen atoms in total. The smallest absolute Gasteiger partial charge is 0.341 e. The van der Waals surface area contributed by atoms with E-state index in [2.05, 4.69) is 16.0 Å². The van der Waals surface area contributed by atoms with Crippen molar-refractivity contribution in [2.75, 3.05) is 13.2 Å².